The lowest BCUT2D eigenvalue weighted by atomic mass is 10.1. The molecule has 6 nitrogen and oxygen atoms in total. The van der Waals surface area contributed by atoms with Crippen molar-refractivity contribution in [1.82, 2.24) is 24.6 Å². The summed E-state index contributed by atoms with van der Waals surface area (Å²) in [4.78, 5) is 4.84. The summed E-state index contributed by atoms with van der Waals surface area (Å²) in [5.41, 5.74) is 1.37. The van der Waals surface area contributed by atoms with E-state index in [0.717, 1.165) is 70.3 Å². The van der Waals surface area contributed by atoms with Crippen LogP contribution in [0.5, 0.6) is 0 Å². The first-order valence-electron chi connectivity index (χ1n) is 9.35. The first kappa shape index (κ1) is 16.7. The zero-order chi connectivity index (χ0) is 17.1. The Labute approximate surface area is 149 Å². The van der Waals surface area contributed by atoms with Gasteiger partial charge < -0.3 is 14.6 Å². The van der Waals surface area contributed by atoms with E-state index in [2.05, 4.69) is 54.9 Å². The van der Waals surface area contributed by atoms with Gasteiger partial charge in [0.15, 0.2) is 0 Å². The highest BCUT2D eigenvalue weighted by molar-refractivity contribution is 5.15. The molecule has 6 heteroatoms. The average molecular weight is 341 g/mol. The Morgan fingerprint density at radius 1 is 1.00 bits per heavy atom. The van der Waals surface area contributed by atoms with E-state index < -0.39 is 0 Å². The number of aromatic nitrogens is 3. The van der Waals surface area contributed by atoms with E-state index in [1.807, 2.05) is 0 Å². The van der Waals surface area contributed by atoms with Crippen LogP contribution in [0.1, 0.15) is 29.6 Å². The minimum atomic E-state index is 0.235. The normalized spacial score (nSPS) is 22.0. The molecule has 1 aromatic heterocycles. The summed E-state index contributed by atoms with van der Waals surface area (Å²) in [5.74, 6) is 2.73. The summed E-state index contributed by atoms with van der Waals surface area (Å²) in [6.07, 6.45) is 2.08. The molecule has 3 heterocycles. The predicted octanol–water partition coefficient (Wildman–Crippen LogP) is 1.12. The van der Waals surface area contributed by atoms with Crippen LogP contribution in [0, 0.1) is 0 Å². The second-order valence-electron chi connectivity index (χ2n) is 7.15. The summed E-state index contributed by atoms with van der Waals surface area (Å²) in [5, 5.41) is 18.2. The monoisotopic (exact) mass is 341 g/mol. The van der Waals surface area contributed by atoms with E-state index in [4.69, 9.17) is 5.11 Å². The van der Waals surface area contributed by atoms with Crippen LogP contribution in [0.2, 0.25) is 0 Å². The molecule has 1 fully saturated rings. The molecule has 1 saturated heterocycles. The number of nitrogens with zero attached hydrogens (tertiary/aromatic N) is 5. The summed E-state index contributed by atoms with van der Waals surface area (Å²) in [6.45, 7) is 7.10. The first-order chi connectivity index (χ1) is 12.3. The van der Waals surface area contributed by atoms with Gasteiger partial charge in [-0.15, -0.1) is 10.2 Å². The third kappa shape index (κ3) is 3.76. The Hall–Kier alpha value is -1.76. The fourth-order valence-electron chi connectivity index (χ4n) is 4.08. The van der Waals surface area contributed by atoms with Gasteiger partial charge >= 0.3 is 0 Å². The molecule has 0 spiro atoms. The molecule has 1 atom stereocenters. The molecule has 1 N–H and O–H groups in total. The lowest BCUT2D eigenvalue weighted by Gasteiger charge is -2.20. The highest BCUT2D eigenvalue weighted by Gasteiger charge is 2.29. The number of fused-ring (bicyclic) bond motifs is 1. The number of rotatable bonds is 5. The Kier molecular flexibility index (Phi) is 5.10. The van der Waals surface area contributed by atoms with E-state index in [1.165, 1.54) is 5.56 Å². The number of β-amino-alcohol motifs (C(OH)–C–C–N with tert-alkyl or cyclic N) is 1. The lowest BCUT2D eigenvalue weighted by Crippen LogP contribution is -2.27. The molecule has 2 aliphatic rings. The van der Waals surface area contributed by atoms with Crippen LogP contribution in [0.25, 0.3) is 0 Å². The maximum Gasteiger partial charge on any atom is 0.137 e. The second-order valence-corrected chi connectivity index (χ2v) is 7.15. The van der Waals surface area contributed by atoms with E-state index in [-0.39, 0.29) is 6.61 Å². The van der Waals surface area contributed by atoms with Crippen LogP contribution in [0.15, 0.2) is 30.3 Å². The van der Waals surface area contributed by atoms with Crippen molar-refractivity contribution in [2.45, 2.75) is 31.8 Å². The van der Waals surface area contributed by atoms with Crippen LogP contribution in [-0.2, 0) is 19.5 Å². The van der Waals surface area contributed by atoms with Crippen LogP contribution < -0.4 is 0 Å². The summed E-state index contributed by atoms with van der Waals surface area (Å²) in [6, 6.07) is 10.7. The molecule has 0 saturated carbocycles. The molecular weight excluding hydrogens is 314 g/mol. The summed E-state index contributed by atoms with van der Waals surface area (Å²) in [7, 11) is 0. The highest BCUT2D eigenvalue weighted by atomic mass is 16.3. The van der Waals surface area contributed by atoms with E-state index >= 15 is 0 Å². The van der Waals surface area contributed by atoms with Gasteiger partial charge in [0, 0.05) is 51.6 Å². The Bertz CT molecular complexity index is 686. The number of likely N-dealkylation sites (tertiary alicyclic amines) is 1. The van der Waals surface area contributed by atoms with Gasteiger partial charge in [-0.3, -0.25) is 4.90 Å². The van der Waals surface area contributed by atoms with E-state index in [9.17, 15) is 0 Å². The van der Waals surface area contributed by atoms with Gasteiger partial charge in [0.2, 0.25) is 0 Å². The summed E-state index contributed by atoms with van der Waals surface area (Å²) >= 11 is 0. The fourth-order valence-corrected chi connectivity index (χ4v) is 4.08. The topological polar surface area (TPSA) is 57.4 Å². The number of aliphatic hydroxyl groups is 1. The van der Waals surface area contributed by atoms with Gasteiger partial charge in [-0.05, 0) is 18.5 Å². The quantitative estimate of drug-likeness (QED) is 0.883. The second kappa shape index (κ2) is 7.64. The van der Waals surface area contributed by atoms with Crippen molar-refractivity contribution in [3.8, 4) is 0 Å². The standard InChI is InChI=1S/C19H27N5O/c25-13-12-23-8-6-17(15-23)19-21-20-18-7-9-22(10-11-24(18)19)14-16-4-2-1-3-5-16/h1-5,17,25H,6-15H2. The third-order valence-electron chi connectivity index (χ3n) is 5.45. The predicted molar refractivity (Wildman–Crippen MR) is 96.3 cm³/mol. The lowest BCUT2D eigenvalue weighted by molar-refractivity contribution is 0.219. The smallest absolute Gasteiger partial charge is 0.137 e. The van der Waals surface area contributed by atoms with Gasteiger partial charge in [0.25, 0.3) is 0 Å². The molecule has 1 aromatic carbocycles. The zero-order valence-corrected chi connectivity index (χ0v) is 14.7. The van der Waals surface area contributed by atoms with Gasteiger partial charge in [-0.2, -0.15) is 0 Å². The fraction of sp³-hybridized carbons (Fsp3) is 0.579. The largest absolute Gasteiger partial charge is 0.395 e. The molecule has 0 bridgehead atoms. The van der Waals surface area contributed by atoms with Crippen LogP contribution in [-0.4, -0.2) is 69.0 Å². The van der Waals surface area contributed by atoms with Crippen molar-refractivity contribution in [1.29, 1.82) is 0 Å². The molecule has 25 heavy (non-hydrogen) atoms. The Morgan fingerprint density at radius 3 is 2.72 bits per heavy atom. The number of hydrogen-bond acceptors (Lipinski definition) is 5. The van der Waals surface area contributed by atoms with Crippen molar-refractivity contribution < 1.29 is 5.11 Å². The minimum Gasteiger partial charge on any atom is -0.395 e. The van der Waals surface area contributed by atoms with Crippen molar-refractivity contribution in [3.63, 3.8) is 0 Å². The number of aliphatic hydroxyl groups excluding tert-OH is 1. The number of benzene rings is 1. The zero-order valence-electron chi connectivity index (χ0n) is 14.7. The molecule has 134 valence electrons. The molecule has 4 rings (SSSR count). The van der Waals surface area contributed by atoms with Crippen molar-refractivity contribution in [2.75, 3.05) is 39.3 Å². The van der Waals surface area contributed by atoms with Crippen molar-refractivity contribution >= 4 is 0 Å². The summed E-state index contributed by atoms with van der Waals surface area (Å²) < 4.78 is 2.36. The van der Waals surface area contributed by atoms with Crippen LogP contribution in [0.4, 0.5) is 0 Å². The molecule has 1 unspecified atom stereocenters. The van der Waals surface area contributed by atoms with E-state index in [0.29, 0.717) is 5.92 Å². The first-order valence-corrected chi connectivity index (χ1v) is 9.35. The molecule has 0 aliphatic carbocycles. The maximum absolute atomic E-state index is 9.14. The van der Waals surface area contributed by atoms with Gasteiger partial charge in [-0.25, -0.2) is 0 Å². The van der Waals surface area contributed by atoms with Gasteiger partial charge in [0.1, 0.15) is 11.6 Å². The van der Waals surface area contributed by atoms with Crippen molar-refractivity contribution in [3.05, 3.63) is 47.5 Å². The van der Waals surface area contributed by atoms with Crippen LogP contribution >= 0.6 is 0 Å². The minimum absolute atomic E-state index is 0.235. The molecule has 0 amide bonds. The average Bonchev–Trinajstić information content (AvgIpc) is 3.20. The van der Waals surface area contributed by atoms with Gasteiger partial charge in [0.05, 0.1) is 6.61 Å². The van der Waals surface area contributed by atoms with Crippen molar-refractivity contribution in [2.24, 2.45) is 0 Å². The molecule has 2 aromatic rings. The van der Waals surface area contributed by atoms with Crippen LogP contribution in [0.3, 0.4) is 0 Å². The third-order valence-corrected chi connectivity index (χ3v) is 5.45. The molecule has 2 aliphatic heterocycles. The highest BCUT2D eigenvalue weighted by Crippen LogP contribution is 2.27. The van der Waals surface area contributed by atoms with E-state index in [1.54, 1.807) is 0 Å². The SMILES string of the molecule is OCCN1CCC(c2nnc3n2CCN(Cc2ccccc2)CC3)C1. The Morgan fingerprint density at radius 2 is 1.88 bits per heavy atom. The number of hydrogen-bond donors (Lipinski definition) is 1. The maximum atomic E-state index is 9.14. The molecular formula is C19H27N5O. The Balaban J connectivity index is 1.42. The molecule has 0 radical (unpaired) electrons. The van der Waals surface area contributed by atoms with Gasteiger partial charge in [-0.1, -0.05) is 30.3 Å².